The standard InChI is InChI=1S/C26H32FN2O4P/c1-26(2,3)29(25(31)32)20-14-15-28(24(20)30)19-13-12-18(22(23(19)27)16-10-11-16)17-8-6-7-9-21(17)34(4,5)33/h6-9,12-13,16,20H,10-11,14-15H2,1-5H3,(H,31,32). The van der Waals surface area contributed by atoms with Gasteiger partial charge in [-0.15, -0.1) is 0 Å². The minimum Gasteiger partial charge on any atom is -0.465 e. The van der Waals surface area contributed by atoms with Gasteiger partial charge in [0.15, 0.2) is 5.82 Å². The number of halogens is 1. The molecule has 0 radical (unpaired) electrons. The quantitative estimate of drug-likeness (QED) is 0.566. The third kappa shape index (κ3) is 4.38. The van der Waals surface area contributed by atoms with Gasteiger partial charge in [0.2, 0.25) is 5.91 Å². The molecule has 1 aliphatic heterocycles. The summed E-state index contributed by atoms with van der Waals surface area (Å²) in [6.07, 6.45) is 0.861. The first-order valence-electron chi connectivity index (χ1n) is 11.6. The average molecular weight is 487 g/mol. The number of hydrogen-bond acceptors (Lipinski definition) is 3. The molecule has 1 aliphatic carbocycles. The van der Waals surface area contributed by atoms with E-state index < -0.39 is 36.5 Å². The number of rotatable bonds is 5. The van der Waals surface area contributed by atoms with Gasteiger partial charge >= 0.3 is 6.09 Å². The molecule has 2 aliphatic rings. The van der Waals surface area contributed by atoms with E-state index >= 15 is 4.39 Å². The number of carbonyl (C=O) groups excluding carboxylic acids is 1. The van der Waals surface area contributed by atoms with E-state index in [1.807, 2.05) is 30.3 Å². The predicted octanol–water partition coefficient (Wildman–Crippen LogP) is 5.50. The second-order valence-corrected chi connectivity index (χ2v) is 13.8. The normalized spacial score (nSPS) is 18.9. The van der Waals surface area contributed by atoms with E-state index in [2.05, 4.69) is 0 Å². The molecule has 182 valence electrons. The van der Waals surface area contributed by atoms with Crippen molar-refractivity contribution in [3.8, 4) is 11.1 Å². The van der Waals surface area contributed by atoms with Crippen LogP contribution in [0.2, 0.25) is 0 Å². The van der Waals surface area contributed by atoms with Crippen LogP contribution >= 0.6 is 7.14 Å². The highest BCUT2D eigenvalue weighted by Crippen LogP contribution is 2.49. The Bertz CT molecular complexity index is 1200. The van der Waals surface area contributed by atoms with Gasteiger partial charge in [0.25, 0.3) is 0 Å². The van der Waals surface area contributed by atoms with Crippen LogP contribution in [-0.2, 0) is 9.36 Å². The second-order valence-electron chi connectivity index (χ2n) is 10.6. The lowest BCUT2D eigenvalue weighted by molar-refractivity contribution is -0.122. The van der Waals surface area contributed by atoms with E-state index in [-0.39, 0.29) is 18.2 Å². The highest BCUT2D eigenvalue weighted by molar-refractivity contribution is 7.70. The molecule has 8 heteroatoms. The number of benzene rings is 2. The fourth-order valence-corrected chi connectivity index (χ4v) is 6.22. The Hall–Kier alpha value is -2.66. The van der Waals surface area contributed by atoms with Crippen molar-refractivity contribution in [1.29, 1.82) is 0 Å². The molecule has 1 N–H and O–H groups in total. The summed E-state index contributed by atoms with van der Waals surface area (Å²) in [5.74, 6) is -0.795. The number of hydrogen-bond donors (Lipinski definition) is 1. The highest BCUT2D eigenvalue weighted by Gasteiger charge is 2.44. The molecule has 2 amide bonds. The number of carbonyl (C=O) groups is 2. The van der Waals surface area contributed by atoms with Gasteiger partial charge < -0.3 is 14.6 Å². The molecule has 0 spiro atoms. The molecule has 34 heavy (non-hydrogen) atoms. The molecular formula is C26H32FN2O4P. The van der Waals surface area contributed by atoms with Crippen molar-refractivity contribution < 1.29 is 23.7 Å². The number of nitrogens with zero attached hydrogens (tertiary/aromatic N) is 2. The molecule has 1 atom stereocenters. The first kappa shape index (κ1) is 24.5. The van der Waals surface area contributed by atoms with Crippen molar-refractivity contribution in [3.05, 3.63) is 47.8 Å². The van der Waals surface area contributed by atoms with E-state index in [4.69, 9.17) is 0 Å². The summed E-state index contributed by atoms with van der Waals surface area (Å²) in [7, 11) is -2.60. The molecule has 4 rings (SSSR count). The molecule has 1 saturated carbocycles. The lowest BCUT2D eigenvalue weighted by Crippen LogP contribution is -2.54. The lowest BCUT2D eigenvalue weighted by Gasteiger charge is -2.37. The van der Waals surface area contributed by atoms with E-state index in [0.717, 1.165) is 18.4 Å². The Balaban J connectivity index is 1.78. The van der Waals surface area contributed by atoms with Gasteiger partial charge in [-0.25, -0.2) is 9.18 Å². The van der Waals surface area contributed by atoms with Gasteiger partial charge in [0.05, 0.1) is 5.69 Å². The maximum Gasteiger partial charge on any atom is 0.408 e. The Morgan fingerprint density at radius 1 is 1.09 bits per heavy atom. The zero-order valence-electron chi connectivity index (χ0n) is 20.3. The van der Waals surface area contributed by atoms with E-state index in [9.17, 15) is 19.3 Å². The van der Waals surface area contributed by atoms with Crippen LogP contribution in [0.25, 0.3) is 11.1 Å². The maximum absolute atomic E-state index is 16.1. The highest BCUT2D eigenvalue weighted by atomic mass is 31.2. The smallest absolute Gasteiger partial charge is 0.408 e. The molecule has 2 fully saturated rings. The molecule has 0 aromatic heterocycles. The molecule has 1 unspecified atom stereocenters. The zero-order chi connectivity index (χ0) is 25.0. The van der Waals surface area contributed by atoms with Crippen LogP contribution in [0.4, 0.5) is 14.9 Å². The van der Waals surface area contributed by atoms with Gasteiger partial charge in [-0.3, -0.25) is 9.69 Å². The fraction of sp³-hybridized carbons (Fsp3) is 0.462. The summed E-state index contributed by atoms with van der Waals surface area (Å²) in [6, 6.07) is 9.98. The van der Waals surface area contributed by atoms with Gasteiger partial charge in [-0.05, 0) is 76.5 Å². The van der Waals surface area contributed by atoms with Gasteiger partial charge in [-0.2, -0.15) is 0 Å². The molecular weight excluding hydrogens is 454 g/mol. The largest absolute Gasteiger partial charge is 0.465 e. The number of amides is 2. The summed E-state index contributed by atoms with van der Waals surface area (Å²) in [5.41, 5.74) is 1.46. The average Bonchev–Trinajstić information content (AvgIpc) is 3.50. The van der Waals surface area contributed by atoms with E-state index in [0.29, 0.717) is 22.9 Å². The van der Waals surface area contributed by atoms with Crippen LogP contribution in [0.15, 0.2) is 36.4 Å². The topological polar surface area (TPSA) is 77.9 Å². The van der Waals surface area contributed by atoms with Gasteiger partial charge in [0, 0.05) is 23.0 Å². The van der Waals surface area contributed by atoms with Crippen molar-refractivity contribution in [2.45, 2.75) is 57.5 Å². The third-order valence-electron chi connectivity index (χ3n) is 6.63. The van der Waals surface area contributed by atoms with Crippen LogP contribution in [0, 0.1) is 5.82 Å². The molecule has 2 aromatic rings. The third-order valence-corrected chi connectivity index (χ3v) is 8.18. The fourth-order valence-electron chi connectivity index (χ4n) is 5.00. The van der Waals surface area contributed by atoms with Crippen LogP contribution in [0.1, 0.15) is 51.5 Å². The summed E-state index contributed by atoms with van der Waals surface area (Å²) < 4.78 is 29.0. The molecule has 2 aromatic carbocycles. The Kier molecular flexibility index (Phi) is 6.14. The van der Waals surface area contributed by atoms with Crippen molar-refractivity contribution in [2.75, 3.05) is 24.8 Å². The van der Waals surface area contributed by atoms with Crippen molar-refractivity contribution in [1.82, 2.24) is 4.90 Å². The number of anilines is 1. The van der Waals surface area contributed by atoms with Crippen molar-refractivity contribution in [3.63, 3.8) is 0 Å². The maximum atomic E-state index is 16.1. The van der Waals surface area contributed by atoms with Gasteiger partial charge in [-0.1, -0.05) is 30.3 Å². The minimum atomic E-state index is -2.60. The van der Waals surface area contributed by atoms with Crippen molar-refractivity contribution >= 4 is 30.1 Å². The van der Waals surface area contributed by atoms with Crippen LogP contribution in [0.3, 0.4) is 0 Å². The monoisotopic (exact) mass is 486 g/mol. The molecule has 1 heterocycles. The van der Waals surface area contributed by atoms with Crippen LogP contribution in [-0.4, -0.2) is 53.5 Å². The minimum absolute atomic E-state index is 0.0506. The number of carboxylic acid groups (broad SMARTS) is 1. The second kappa shape index (κ2) is 8.53. The van der Waals surface area contributed by atoms with Crippen molar-refractivity contribution in [2.24, 2.45) is 0 Å². The Morgan fingerprint density at radius 3 is 2.29 bits per heavy atom. The summed E-state index contributed by atoms with van der Waals surface area (Å²) in [4.78, 5) is 27.8. The zero-order valence-corrected chi connectivity index (χ0v) is 21.2. The Morgan fingerprint density at radius 2 is 1.74 bits per heavy atom. The predicted molar refractivity (Wildman–Crippen MR) is 133 cm³/mol. The molecule has 6 nitrogen and oxygen atoms in total. The Labute approximate surface area is 200 Å². The summed E-state index contributed by atoms with van der Waals surface area (Å²) in [5, 5.41) is 10.4. The van der Waals surface area contributed by atoms with Crippen LogP contribution in [0.5, 0.6) is 0 Å². The molecule has 1 saturated heterocycles. The van der Waals surface area contributed by atoms with E-state index in [1.54, 1.807) is 40.2 Å². The molecule has 0 bridgehead atoms. The first-order chi connectivity index (χ1) is 15.8. The van der Waals surface area contributed by atoms with Crippen LogP contribution < -0.4 is 10.2 Å². The lowest BCUT2D eigenvalue weighted by atomic mass is 9.95. The summed E-state index contributed by atoms with van der Waals surface area (Å²) >= 11 is 0. The van der Waals surface area contributed by atoms with Gasteiger partial charge in [0.1, 0.15) is 13.2 Å². The first-order valence-corrected chi connectivity index (χ1v) is 14.2. The van der Waals surface area contributed by atoms with E-state index in [1.165, 1.54) is 9.80 Å². The SMILES string of the molecule is CC(C)(C)N(C(=O)O)C1CCN(c2ccc(-c3ccccc3P(C)(C)=O)c(C3CC3)c2F)C1=O. The summed E-state index contributed by atoms with van der Waals surface area (Å²) in [6.45, 7) is 8.90.